The second-order valence-electron chi connectivity index (χ2n) is 8.32. The average Bonchev–Trinajstić information content (AvgIpc) is 3.34. The van der Waals surface area contributed by atoms with Crippen LogP contribution in [-0.4, -0.2) is 61.6 Å². The molecular weight excluding hydrogens is 452 g/mol. The highest BCUT2D eigenvalue weighted by Crippen LogP contribution is 2.34. The lowest BCUT2D eigenvalue weighted by Crippen LogP contribution is -2.49. The van der Waals surface area contributed by atoms with E-state index < -0.39 is 0 Å². The first-order valence-electron chi connectivity index (χ1n) is 11.2. The molecule has 0 unspecified atom stereocenters. The first-order chi connectivity index (χ1) is 16.5. The van der Waals surface area contributed by atoms with E-state index in [1.54, 1.807) is 17.4 Å². The summed E-state index contributed by atoms with van der Waals surface area (Å²) in [5.41, 5.74) is 3.26. The van der Waals surface area contributed by atoms with Crippen molar-refractivity contribution in [3.63, 3.8) is 0 Å². The molecule has 1 aromatic heterocycles. The Labute approximate surface area is 202 Å². The number of hydrogen-bond donors (Lipinski definition) is 0. The van der Waals surface area contributed by atoms with Crippen LogP contribution in [0.2, 0.25) is 0 Å². The summed E-state index contributed by atoms with van der Waals surface area (Å²) < 4.78 is 11.0. The summed E-state index contributed by atoms with van der Waals surface area (Å²) in [5.74, 6) is 1.33. The summed E-state index contributed by atoms with van der Waals surface area (Å²) >= 11 is 1.40. The summed E-state index contributed by atoms with van der Waals surface area (Å²) in [6.07, 6.45) is 0. The van der Waals surface area contributed by atoms with Crippen LogP contribution in [0.3, 0.4) is 0 Å². The van der Waals surface area contributed by atoms with Crippen molar-refractivity contribution in [2.24, 2.45) is 0 Å². The van der Waals surface area contributed by atoms with Crippen LogP contribution in [0.1, 0.15) is 21.1 Å². The van der Waals surface area contributed by atoms with Gasteiger partial charge in [-0.15, -0.1) is 11.3 Å². The van der Waals surface area contributed by atoms with E-state index in [2.05, 4.69) is 9.88 Å². The molecule has 176 valence electrons. The van der Waals surface area contributed by atoms with Crippen LogP contribution in [0.5, 0.6) is 11.5 Å². The number of ether oxygens (including phenoxy) is 2. The lowest BCUT2D eigenvalue weighted by molar-refractivity contribution is -0.121. The van der Waals surface area contributed by atoms with Gasteiger partial charge in [0.05, 0.1) is 25.0 Å². The lowest BCUT2D eigenvalue weighted by Gasteiger charge is -2.36. The third-order valence-corrected chi connectivity index (χ3v) is 6.95. The predicted octanol–water partition coefficient (Wildman–Crippen LogP) is 3.35. The van der Waals surface area contributed by atoms with E-state index in [4.69, 9.17) is 9.47 Å². The molecule has 9 heteroatoms. The average molecular weight is 479 g/mol. The number of para-hydroxylation sites is 2. The molecule has 0 saturated carbocycles. The zero-order valence-electron chi connectivity index (χ0n) is 19.2. The lowest BCUT2D eigenvalue weighted by atomic mass is 10.1. The summed E-state index contributed by atoms with van der Waals surface area (Å²) in [5, 5.41) is 2.51. The zero-order chi connectivity index (χ0) is 23.7. The highest BCUT2D eigenvalue weighted by molar-refractivity contribution is 7.09. The standard InChI is InChI=1S/C25H26N4O4S/c1-17-7-8-22-20(13-17)29(24(30)15-33-22)14-23-26-18(16-34-23)25(31)28-11-9-27(10-12-28)19-5-3-4-6-21(19)32-2/h3-8,13,16H,9-12,14-15H2,1-2H3. The SMILES string of the molecule is COc1ccccc1N1CCN(C(=O)c2csc(CN3C(=O)COc4ccc(C)cc43)n2)CC1. The minimum atomic E-state index is -0.117. The molecule has 0 aliphatic carbocycles. The molecule has 0 spiro atoms. The van der Waals surface area contributed by atoms with Crippen molar-refractivity contribution in [3.05, 3.63) is 64.1 Å². The molecule has 3 heterocycles. The molecule has 2 amide bonds. The Morgan fingerprint density at radius 2 is 1.91 bits per heavy atom. The second-order valence-corrected chi connectivity index (χ2v) is 9.26. The van der Waals surface area contributed by atoms with Crippen LogP contribution in [0.4, 0.5) is 11.4 Å². The van der Waals surface area contributed by atoms with Gasteiger partial charge in [0.15, 0.2) is 6.61 Å². The number of amides is 2. The second kappa shape index (κ2) is 9.34. The quantitative estimate of drug-likeness (QED) is 0.560. The van der Waals surface area contributed by atoms with Crippen LogP contribution in [0.25, 0.3) is 0 Å². The van der Waals surface area contributed by atoms with E-state index in [1.807, 2.05) is 54.3 Å². The van der Waals surface area contributed by atoms with Crippen LogP contribution in [-0.2, 0) is 11.3 Å². The number of aromatic nitrogens is 1. The van der Waals surface area contributed by atoms with Crippen molar-refractivity contribution < 1.29 is 19.1 Å². The van der Waals surface area contributed by atoms with Gasteiger partial charge < -0.3 is 19.3 Å². The minimum Gasteiger partial charge on any atom is -0.495 e. The Morgan fingerprint density at radius 3 is 2.71 bits per heavy atom. The maximum absolute atomic E-state index is 13.1. The van der Waals surface area contributed by atoms with E-state index in [0.29, 0.717) is 31.1 Å². The maximum Gasteiger partial charge on any atom is 0.273 e. The number of fused-ring (bicyclic) bond motifs is 1. The molecule has 3 aromatic rings. The number of aryl methyl sites for hydroxylation is 1. The van der Waals surface area contributed by atoms with Crippen molar-refractivity contribution in [2.45, 2.75) is 13.5 Å². The molecular formula is C25H26N4O4S. The number of benzene rings is 2. The fraction of sp³-hybridized carbons (Fsp3) is 0.320. The largest absolute Gasteiger partial charge is 0.495 e. The molecule has 1 fully saturated rings. The van der Waals surface area contributed by atoms with Gasteiger partial charge in [-0.25, -0.2) is 4.98 Å². The minimum absolute atomic E-state index is 0.00367. The number of thiazole rings is 1. The molecule has 0 N–H and O–H groups in total. The van der Waals surface area contributed by atoms with E-state index >= 15 is 0 Å². The Hall–Kier alpha value is -3.59. The number of carbonyl (C=O) groups is 2. The van der Waals surface area contributed by atoms with Gasteiger partial charge in [-0.3, -0.25) is 14.5 Å². The van der Waals surface area contributed by atoms with Gasteiger partial charge in [-0.05, 0) is 36.8 Å². The number of hydrogen-bond acceptors (Lipinski definition) is 7. The zero-order valence-corrected chi connectivity index (χ0v) is 20.0. The van der Waals surface area contributed by atoms with Gasteiger partial charge in [-0.2, -0.15) is 0 Å². The summed E-state index contributed by atoms with van der Waals surface area (Å²) in [6.45, 7) is 4.97. The third kappa shape index (κ3) is 4.31. The van der Waals surface area contributed by atoms with Crippen LogP contribution in [0.15, 0.2) is 47.8 Å². The molecule has 34 heavy (non-hydrogen) atoms. The van der Waals surface area contributed by atoms with E-state index in [-0.39, 0.29) is 18.4 Å². The number of carbonyl (C=O) groups excluding carboxylic acids is 2. The molecule has 2 aliphatic heterocycles. The van der Waals surface area contributed by atoms with E-state index in [1.165, 1.54) is 11.3 Å². The summed E-state index contributed by atoms with van der Waals surface area (Å²) in [6, 6.07) is 13.7. The molecule has 0 radical (unpaired) electrons. The Balaban J connectivity index is 1.25. The van der Waals surface area contributed by atoms with Crippen LogP contribution in [0, 0.1) is 6.92 Å². The first kappa shape index (κ1) is 22.2. The van der Waals surface area contributed by atoms with Gasteiger partial charge in [0, 0.05) is 31.6 Å². The van der Waals surface area contributed by atoms with Gasteiger partial charge >= 0.3 is 0 Å². The molecule has 5 rings (SSSR count). The molecule has 1 saturated heterocycles. The van der Waals surface area contributed by atoms with Gasteiger partial charge in [-0.1, -0.05) is 18.2 Å². The van der Waals surface area contributed by atoms with Gasteiger partial charge in [0.2, 0.25) is 0 Å². The molecule has 0 atom stereocenters. The first-order valence-corrected chi connectivity index (χ1v) is 12.1. The van der Waals surface area contributed by atoms with Crippen molar-refractivity contribution >= 4 is 34.5 Å². The van der Waals surface area contributed by atoms with Crippen molar-refractivity contribution in [2.75, 3.05) is 49.7 Å². The Kier molecular flexibility index (Phi) is 6.10. The molecule has 2 aromatic carbocycles. The highest BCUT2D eigenvalue weighted by atomic mass is 32.1. The van der Waals surface area contributed by atoms with E-state index in [9.17, 15) is 9.59 Å². The third-order valence-electron chi connectivity index (χ3n) is 6.11. The number of piperazine rings is 1. The van der Waals surface area contributed by atoms with Crippen LogP contribution >= 0.6 is 11.3 Å². The van der Waals surface area contributed by atoms with Crippen molar-refractivity contribution in [1.29, 1.82) is 0 Å². The van der Waals surface area contributed by atoms with Crippen LogP contribution < -0.4 is 19.3 Å². The number of nitrogens with zero attached hydrogens (tertiary/aromatic N) is 4. The fourth-order valence-electron chi connectivity index (χ4n) is 4.31. The number of anilines is 2. The maximum atomic E-state index is 13.1. The topological polar surface area (TPSA) is 75.2 Å². The summed E-state index contributed by atoms with van der Waals surface area (Å²) in [4.78, 5) is 36.0. The Bertz CT molecular complexity index is 1220. The number of methoxy groups -OCH3 is 1. The highest BCUT2D eigenvalue weighted by Gasteiger charge is 2.28. The molecule has 8 nitrogen and oxygen atoms in total. The van der Waals surface area contributed by atoms with Crippen molar-refractivity contribution in [3.8, 4) is 11.5 Å². The van der Waals surface area contributed by atoms with Gasteiger partial charge in [0.1, 0.15) is 22.2 Å². The number of rotatable bonds is 5. The monoisotopic (exact) mass is 478 g/mol. The molecule has 2 aliphatic rings. The smallest absolute Gasteiger partial charge is 0.273 e. The normalized spacial score (nSPS) is 15.7. The Morgan fingerprint density at radius 1 is 1.12 bits per heavy atom. The summed E-state index contributed by atoms with van der Waals surface area (Å²) in [7, 11) is 1.67. The van der Waals surface area contributed by atoms with Crippen molar-refractivity contribution in [1.82, 2.24) is 9.88 Å². The molecule has 0 bridgehead atoms. The predicted molar refractivity (Wildman–Crippen MR) is 131 cm³/mol. The van der Waals surface area contributed by atoms with E-state index in [0.717, 1.165) is 40.8 Å². The van der Waals surface area contributed by atoms with Gasteiger partial charge in [0.25, 0.3) is 11.8 Å². The fourth-order valence-corrected chi connectivity index (χ4v) is 5.06.